The molecule has 0 fully saturated rings. The first kappa shape index (κ1) is 25.9. The van der Waals surface area contributed by atoms with Crippen LogP contribution in [-0.4, -0.2) is 26.0 Å². The number of nitrogens with zero attached hydrogens (tertiary/aromatic N) is 5. The lowest BCUT2D eigenvalue weighted by molar-refractivity contribution is -0.137. The second-order valence-corrected chi connectivity index (χ2v) is 8.59. The van der Waals surface area contributed by atoms with Gasteiger partial charge in [-0.15, -0.1) is 0 Å². The van der Waals surface area contributed by atoms with Crippen LogP contribution in [0.1, 0.15) is 49.3 Å². The first-order chi connectivity index (χ1) is 17.1. The van der Waals surface area contributed by atoms with Crippen molar-refractivity contribution in [3.63, 3.8) is 0 Å². The minimum atomic E-state index is -0.855. The third kappa shape index (κ3) is 6.24. The van der Waals surface area contributed by atoms with E-state index in [2.05, 4.69) is 25.4 Å². The van der Waals surface area contributed by atoms with Gasteiger partial charge in [0.25, 0.3) is 0 Å². The van der Waals surface area contributed by atoms with Crippen molar-refractivity contribution in [2.75, 3.05) is 5.73 Å². The lowest BCUT2D eigenvalue weighted by Gasteiger charge is -2.23. The molecular weight excluding hydrogens is 463 g/mol. The highest BCUT2D eigenvalue weighted by atomic mass is 19.1. The molecular formula is C25H25FN8O2. The molecule has 0 spiro atoms. The summed E-state index contributed by atoms with van der Waals surface area (Å²) >= 11 is 0. The molecule has 11 heteroatoms. The van der Waals surface area contributed by atoms with Crippen LogP contribution in [0.25, 0.3) is 17.0 Å². The van der Waals surface area contributed by atoms with Crippen molar-refractivity contribution in [3.8, 4) is 17.3 Å². The Kier molecular flexibility index (Phi) is 8.01. The highest BCUT2D eigenvalue weighted by Crippen LogP contribution is 2.28. The average molecular weight is 489 g/mol. The Morgan fingerprint density at radius 2 is 2.03 bits per heavy atom. The Morgan fingerprint density at radius 1 is 1.28 bits per heavy atom. The van der Waals surface area contributed by atoms with Crippen LogP contribution in [0.15, 0.2) is 53.8 Å². The quantitative estimate of drug-likeness (QED) is 0.304. The normalized spacial score (nSPS) is 11.6. The largest absolute Gasteiger partial charge is 0.481 e. The molecule has 36 heavy (non-hydrogen) atoms. The zero-order chi connectivity index (χ0) is 26.3. The molecule has 184 valence electrons. The van der Waals surface area contributed by atoms with Gasteiger partial charge < -0.3 is 16.2 Å². The van der Waals surface area contributed by atoms with Gasteiger partial charge in [-0.05, 0) is 36.8 Å². The maximum Gasteiger partial charge on any atom is 0.303 e. The second kappa shape index (κ2) is 11.1. The Labute approximate surface area is 207 Å². The van der Waals surface area contributed by atoms with Crippen LogP contribution < -0.4 is 11.1 Å². The van der Waals surface area contributed by atoms with Gasteiger partial charge in [0.2, 0.25) is 5.95 Å². The maximum atomic E-state index is 14.7. The van der Waals surface area contributed by atoms with Crippen LogP contribution in [0.5, 0.6) is 0 Å². The van der Waals surface area contributed by atoms with E-state index in [0.717, 1.165) is 5.69 Å². The van der Waals surface area contributed by atoms with E-state index in [1.54, 1.807) is 6.07 Å². The van der Waals surface area contributed by atoms with Crippen LogP contribution in [0.2, 0.25) is 0 Å². The molecule has 2 aromatic heterocycles. The van der Waals surface area contributed by atoms with Gasteiger partial charge in [-0.2, -0.15) is 10.4 Å². The molecule has 2 heterocycles. The molecule has 3 rings (SSSR count). The lowest BCUT2D eigenvalue weighted by Crippen LogP contribution is -2.21. The number of hydrogen-bond acceptors (Lipinski definition) is 9. The Bertz CT molecular complexity index is 1360. The molecule has 0 aliphatic rings. The second-order valence-electron chi connectivity index (χ2n) is 8.59. The zero-order valence-corrected chi connectivity index (χ0v) is 19.8. The summed E-state index contributed by atoms with van der Waals surface area (Å²) in [5.41, 5.74) is 14.9. The van der Waals surface area contributed by atoms with Crippen LogP contribution in [-0.2, 0) is 16.8 Å². The highest BCUT2D eigenvalue weighted by Gasteiger charge is 2.23. The van der Waals surface area contributed by atoms with Crippen LogP contribution in [0, 0.1) is 22.7 Å². The number of aromatic nitrogens is 3. The lowest BCUT2D eigenvalue weighted by atomic mass is 9.84. The number of hydrogen-bond donors (Lipinski definition) is 4. The number of carboxylic acids is 1. The molecule has 1 aromatic carbocycles. The number of rotatable bonds is 10. The van der Waals surface area contributed by atoms with E-state index in [0.29, 0.717) is 18.7 Å². The van der Waals surface area contributed by atoms with E-state index >= 15 is 0 Å². The highest BCUT2D eigenvalue weighted by molar-refractivity contribution is 5.70. The summed E-state index contributed by atoms with van der Waals surface area (Å²) in [5.74, 6) is -1.73. The van der Waals surface area contributed by atoms with E-state index in [9.17, 15) is 9.18 Å². The van der Waals surface area contributed by atoms with Gasteiger partial charge in [0.1, 0.15) is 17.6 Å². The number of anilines is 1. The summed E-state index contributed by atoms with van der Waals surface area (Å²) in [4.78, 5) is 23.8. The predicted octanol–water partition coefficient (Wildman–Crippen LogP) is 4.39. The number of nitrogens with one attached hydrogen (secondary N) is 2. The van der Waals surface area contributed by atoms with Crippen molar-refractivity contribution in [3.05, 3.63) is 77.1 Å². The van der Waals surface area contributed by atoms with Gasteiger partial charge in [-0.3, -0.25) is 9.78 Å². The van der Waals surface area contributed by atoms with Crippen LogP contribution >= 0.6 is 0 Å². The van der Waals surface area contributed by atoms with Crippen LogP contribution in [0.4, 0.5) is 10.3 Å². The molecule has 0 unspecified atom stereocenters. The Morgan fingerprint density at radius 3 is 2.72 bits per heavy atom. The summed E-state index contributed by atoms with van der Waals surface area (Å²) in [7, 11) is 0. The number of carboxylic acid groups (broad SMARTS) is 1. The van der Waals surface area contributed by atoms with E-state index in [4.69, 9.17) is 21.6 Å². The first-order valence-electron chi connectivity index (χ1n) is 11.0. The number of carbonyl (C=O) groups is 1. The fraction of sp³-hybridized carbons (Fsp3) is 0.240. The van der Waals surface area contributed by atoms with E-state index < -0.39 is 17.2 Å². The summed E-state index contributed by atoms with van der Waals surface area (Å²) < 4.78 is 14.7. The Balaban J connectivity index is 1.81. The van der Waals surface area contributed by atoms with Gasteiger partial charge in [0.15, 0.2) is 0 Å². The summed E-state index contributed by atoms with van der Waals surface area (Å²) in [5, 5.41) is 24.6. The van der Waals surface area contributed by atoms with Crippen molar-refractivity contribution >= 4 is 17.6 Å². The van der Waals surface area contributed by atoms with Gasteiger partial charge in [-0.1, -0.05) is 26.0 Å². The van der Waals surface area contributed by atoms with E-state index in [1.807, 2.05) is 32.0 Å². The first-order valence-corrected chi connectivity index (χ1v) is 11.0. The van der Waals surface area contributed by atoms with Crippen LogP contribution in [0.3, 0.4) is 0 Å². The molecule has 0 amide bonds. The van der Waals surface area contributed by atoms with Crippen molar-refractivity contribution in [1.29, 1.82) is 10.8 Å². The summed E-state index contributed by atoms with van der Waals surface area (Å²) in [6, 6.07) is 13.1. The van der Waals surface area contributed by atoms with Gasteiger partial charge >= 0.3 is 5.97 Å². The number of nitriles is 1. The third-order valence-electron chi connectivity index (χ3n) is 5.51. The monoisotopic (exact) mass is 488 g/mol. The molecule has 0 saturated heterocycles. The molecule has 0 aliphatic carbocycles. The van der Waals surface area contributed by atoms with Crippen molar-refractivity contribution in [2.24, 2.45) is 5.11 Å². The molecule has 3 aromatic rings. The van der Waals surface area contributed by atoms with Gasteiger partial charge in [0, 0.05) is 29.3 Å². The molecule has 0 bridgehead atoms. The third-order valence-corrected chi connectivity index (χ3v) is 5.51. The average Bonchev–Trinajstić information content (AvgIpc) is 2.85. The topological polar surface area (TPSA) is 174 Å². The number of nitrogens with two attached hydrogens (primary N) is 1. The van der Waals surface area contributed by atoms with Crippen molar-refractivity contribution in [1.82, 2.24) is 20.3 Å². The van der Waals surface area contributed by atoms with Gasteiger partial charge in [0.05, 0.1) is 29.2 Å². The smallest absolute Gasteiger partial charge is 0.303 e. The SMILES string of the molecule is CC(C)(CCC(=O)O)c1cccc(CN/C=C(\N=N)c2cc(-c3cccc(C#N)c3F)nc(N)n2)n1. The molecule has 5 N–H and O–H groups in total. The predicted molar refractivity (Wildman–Crippen MR) is 131 cm³/mol. The molecule has 10 nitrogen and oxygen atoms in total. The minimum absolute atomic E-state index is 0.0447. The Hall–Kier alpha value is -4.72. The van der Waals surface area contributed by atoms with E-state index in [1.165, 1.54) is 30.5 Å². The molecule has 0 atom stereocenters. The number of benzene rings is 1. The van der Waals surface area contributed by atoms with E-state index in [-0.39, 0.29) is 40.6 Å². The minimum Gasteiger partial charge on any atom is -0.481 e. The van der Waals surface area contributed by atoms with Crippen molar-refractivity contribution in [2.45, 2.75) is 38.6 Å². The fourth-order valence-corrected chi connectivity index (χ4v) is 3.47. The fourth-order valence-electron chi connectivity index (χ4n) is 3.47. The number of nitrogen functional groups attached to an aromatic ring is 1. The molecule has 0 radical (unpaired) electrons. The maximum absolute atomic E-state index is 14.7. The molecule has 0 saturated carbocycles. The summed E-state index contributed by atoms with van der Waals surface area (Å²) in [6.45, 7) is 4.19. The summed E-state index contributed by atoms with van der Waals surface area (Å²) in [6.07, 6.45) is 1.96. The zero-order valence-electron chi connectivity index (χ0n) is 19.8. The van der Waals surface area contributed by atoms with Crippen molar-refractivity contribution < 1.29 is 14.3 Å². The standard InChI is InChI=1S/C25H25FN8O2/c1-25(2,10-9-22(35)36)21-8-4-6-16(31-21)13-30-14-20(34-29)19-11-18(32-24(28)33-19)17-7-3-5-15(12-27)23(17)26/h3-8,11,14,29-30H,9-10,13H2,1-2H3,(H,35,36)(H2,28,32,33)/b20-14-,34-29?. The van der Waals surface area contributed by atoms with Gasteiger partial charge in [-0.25, -0.2) is 19.9 Å². The number of halogens is 1. The number of pyridine rings is 1. The number of aliphatic carboxylic acids is 1. The molecule has 0 aliphatic heterocycles.